The third-order valence-corrected chi connectivity index (χ3v) is 6.27. The molecule has 2 bridgehead atoms. The molecule has 2 atom stereocenters. The van der Waals surface area contributed by atoms with Gasteiger partial charge in [0.25, 0.3) is 0 Å². The van der Waals surface area contributed by atoms with Gasteiger partial charge in [0.05, 0.1) is 11.5 Å². The summed E-state index contributed by atoms with van der Waals surface area (Å²) in [7, 11) is 0. The Balaban J connectivity index is 1.37. The van der Waals surface area contributed by atoms with E-state index in [1.54, 1.807) is 0 Å². The fourth-order valence-corrected chi connectivity index (χ4v) is 5.02. The number of nitrogens with zero attached hydrogens (tertiary/aromatic N) is 5. The summed E-state index contributed by atoms with van der Waals surface area (Å²) in [4.78, 5) is 15.4. The lowest BCUT2D eigenvalue weighted by molar-refractivity contribution is 0.135. The van der Waals surface area contributed by atoms with Gasteiger partial charge in [0.15, 0.2) is 5.82 Å². The summed E-state index contributed by atoms with van der Waals surface area (Å²) >= 11 is 0. The van der Waals surface area contributed by atoms with Crippen molar-refractivity contribution >= 4 is 28.6 Å². The van der Waals surface area contributed by atoms with Crippen molar-refractivity contribution in [1.29, 1.82) is 5.26 Å². The molecule has 0 amide bonds. The number of aryl methyl sites for hydroxylation is 2. The van der Waals surface area contributed by atoms with E-state index in [0.29, 0.717) is 30.5 Å². The van der Waals surface area contributed by atoms with E-state index >= 15 is 0 Å². The summed E-state index contributed by atoms with van der Waals surface area (Å²) in [6, 6.07) is 7.74. The van der Waals surface area contributed by atoms with E-state index in [1.165, 1.54) is 12.8 Å². The molecule has 2 saturated heterocycles. The Labute approximate surface area is 175 Å². The van der Waals surface area contributed by atoms with Crippen LogP contribution >= 0.6 is 0 Å². The van der Waals surface area contributed by atoms with Crippen LogP contribution in [0.4, 0.5) is 17.6 Å². The fourth-order valence-electron chi connectivity index (χ4n) is 5.02. The first-order chi connectivity index (χ1) is 14.6. The second-order valence-corrected chi connectivity index (χ2v) is 8.52. The minimum Gasteiger partial charge on any atom is -0.351 e. The van der Waals surface area contributed by atoms with E-state index in [1.807, 2.05) is 19.9 Å². The molecule has 2 unspecified atom stereocenters. The standard InChI is InChI=1S/C21H27N9/c1-12-8-17-19(23-12)26-21(27-20(17)25-18-9-13(2)28-29-18)24-14-10-15-4-5-16(11-14)30(15)7-3-6-22/h8-9,14-16H,3-5,7,10-11H2,1-2H3,(H4,23,24,25,26,27,28,29). The van der Waals surface area contributed by atoms with Crippen molar-refractivity contribution in [3.05, 3.63) is 23.5 Å². The molecular formula is C21H27N9. The lowest BCUT2D eigenvalue weighted by Crippen LogP contribution is -2.47. The summed E-state index contributed by atoms with van der Waals surface area (Å²) in [6.07, 6.45) is 5.17. The molecule has 0 saturated carbocycles. The van der Waals surface area contributed by atoms with Gasteiger partial charge in [-0.15, -0.1) is 0 Å². The zero-order chi connectivity index (χ0) is 20.7. The molecule has 9 heteroatoms. The molecular weight excluding hydrogens is 378 g/mol. The first kappa shape index (κ1) is 18.9. The van der Waals surface area contributed by atoms with Gasteiger partial charge in [0.2, 0.25) is 5.95 Å². The number of fused-ring (bicyclic) bond motifs is 3. The number of H-pyrrole nitrogens is 2. The molecule has 2 aliphatic heterocycles. The van der Waals surface area contributed by atoms with Crippen LogP contribution in [0, 0.1) is 25.2 Å². The predicted molar refractivity (Wildman–Crippen MR) is 116 cm³/mol. The molecule has 5 rings (SSSR count). The Hall–Kier alpha value is -3.12. The maximum atomic E-state index is 8.94. The summed E-state index contributed by atoms with van der Waals surface area (Å²) in [5, 5.41) is 24.0. The molecule has 30 heavy (non-hydrogen) atoms. The molecule has 3 aromatic rings. The number of nitriles is 1. The fraction of sp³-hybridized carbons (Fsp3) is 0.524. The van der Waals surface area contributed by atoms with Crippen molar-refractivity contribution in [2.24, 2.45) is 0 Å². The van der Waals surface area contributed by atoms with E-state index in [2.05, 4.69) is 42.9 Å². The largest absolute Gasteiger partial charge is 0.351 e. The molecule has 3 aromatic heterocycles. The Morgan fingerprint density at radius 2 is 1.97 bits per heavy atom. The molecule has 2 fully saturated rings. The van der Waals surface area contributed by atoms with Gasteiger partial charge in [0.1, 0.15) is 11.5 Å². The van der Waals surface area contributed by atoms with E-state index in [4.69, 9.17) is 15.2 Å². The second kappa shape index (κ2) is 7.61. The monoisotopic (exact) mass is 405 g/mol. The lowest BCUT2D eigenvalue weighted by Gasteiger charge is -2.38. The SMILES string of the molecule is Cc1cc(Nc2nc(NC3CC4CCC(C3)N4CCC#N)nc3[nH]c(C)cc23)n[nH]1. The van der Waals surface area contributed by atoms with Crippen LogP contribution in [-0.4, -0.2) is 54.7 Å². The van der Waals surface area contributed by atoms with E-state index in [-0.39, 0.29) is 0 Å². The minimum atomic E-state index is 0.342. The highest BCUT2D eigenvalue weighted by Gasteiger charge is 2.40. The number of hydrogen-bond donors (Lipinski definition) is 4. The number of nitrogens with one attached hydrogen (secondary N) is 4. The van der Waals surface area contributed by atoms with E-state index in [9.17, 15) is 0 Å². The van der Waals surface area contributed by atoms with E-state index < -0.39 is 0 Å². The van der Waals surface area contributed by atoms with Gasteiger partial charge in [-0.1, -0.05) is 0 Å². The van der Waals surface area contributed by atoms with Crippen molar-refractivity contribution in [3.63, 3.8) is 0 Å². The van der Waals surface area contributed by atoms with Crippen LogP contribution in [0.15, 0.2) is 12.1 Å². The topological polar surface area (TPSA) is 121 Å². The summed E-state index contributed by atoms with van der Waals surface area (Å²) in [6.45, 7) is 4.88. The summed E-state index contributed by atoms with van der Waals surface area (Å²) in [5.41, 5.74) is 2.85. The zero-order valence-corrected chi connectivity index (χ0v) is 17.4. The van der Waals surface area contributed by atoms with Crippen molar-refractivity contribution in [1.82, 2.24) is 30.0 Å². The molecule has 0 aliphatic carbocycles. The van der Waals surface area contributed by atoms with Gasteiger partial charge in [-0.3, -0.25) is 10.00 Å². The Bertz CT molecular complexity index is 1080. The quantitative estimate of drug-likeness (QED) is 0.496. The predicted octanol–water partition coefficient (Wildman–Crippen LogP) is 3.36. The average molecular weight is 406 g/mol. The number of piperidine rings is 1. The molecule has 2 aliphatic rings. The molecule has 5 heterocycles. The molecule has 4 N–H and O–H groups in total. The van der Waals surface area contributed by atoms with Gasteiger partial charge in [0, 0.05) is 48.5 Å². The van der Waals surface area contributed by atoms with Crippen molar-refractivity contribution in [3.8, 4) is 6.07 Å². The van der Waals surface area contributed by atoms with Gasteiger partial charge >= 0.3 is 0 Å². The van der Waals surface area contributed by atoms with Gasteiger partial charge in [-0.05, 0) is 45.6 Å². The maximum absolute atomic E-state index is 8.94. The van der Waals surface area contributed by atoms with Crippen LogP contribution in [0.1, 0.15) is 43.5 Å². The highest BCUT2D eigenvalue weighted by Crippen LogP contribution is 2.37. The minimum absolute atomic E-state index is 0.342. The Kier molecular flexibility index (Phi) is 4.79. The zero-order valence-electron chi connectivity index (χ0n) is 17.4. The molecule has 9 nitrogen and oxygen atoms in total. The number of aromatic nitrogens is 5. The number of aromatic amines is 2. The average Bonchev–Trinajstić information content (AvgIpc) is 3.35. The van der Waals surface area contributed by atoms with Crippen molar-refractivity contribution in [2.45, 2.75) is 64.1 Å². The number of rotatable bonds is 6. The van der Waals surface area contributed by atoms with Crippen LogP contribution in [0.3, 0.4) is 0 Å². The van der Waals surface area contributed by atoms with Crippen LogP contribution in [0.5, 0.6) is 0 Å². The van der Waals surface area contributed by atoms with Crippen LogP contribution in [-0.2, 0) is 0 Å². The van der Waals surface area contributed by atoms with Crippen LogP contribution in [0.25, 0.3) is 11.0 Å². The Morgan fingerprint density at radius 1 is 1.17 bits per heavy atom. The third kappa shape index (κ3) is 3.59. The van der Waals surface area contributed by atoms with E-state index in [0.717, 1.165) is 53.4 Å². The first-order valence-corrected chi connectivity index (χ1v) is 10.6. The summed E-state index contributed by atoms with van der Waals surface area (Å²) < 4.78 is 0. The maximum Gasteiger partial charge on any atom is 0.226 e. The molecule has 0 radical (unpaired) electrons. The number of anilines is 3. The van der Waals surface area contributed by atoms with Crippen LogP contribution in [0.2, 0.25) is 0 Å². The summed E-state index contributed by atoms with van der Waals surface area (Å²) in [5.74, 6) is 2.11. The number of hydrogen-bond acceptors (Lipinski definition) is 7. The van der Waals surface area contributed by atoms with Gasteiger partial charge < -0.3 is 15.6 Å². The van der Waals surface area contributed by atoms with Gasteiger partial charge in [-0.2, -0.15) is 20.3 Å². The molecule has 156 valence electrons. The van der Waals surface area contributed by atoms with Crippen molar-refractivity contribution in [2.75, 3.05) is 17.2 Å². The highest BCUT2D eigenvalue weighted by atomic mass is 15.3. The third-order valence-electron chi connectivity index (χ3n) is 6.27. The van der Waals surface area contributed by atoms with Gasteiger partial charge in [-0.25, -0.2) is 0 Å². The second-order valence-electron chi connectivity index (χ2n) is 8.52. The first-order valence-electron chi connectivity index (χ1n) is 10.6. The Morgan fingerprint density at radius 3 is 2.67 bits per heavy atom. The molecule has 0 aromatic carbocycles. The highest BCUT2D eigenvalue weighted by molar-refractivity contribution is 5.90. The molecule has 0 spiro atoms. The lowest BCUT2D eigenvalue weighted by atomic mass is 9.97. The normalized spacial score (nSPS) is 23.6. The van der Waals surface area contributed by atoms with Crippen LogP contribution < -0.4 is 10.6 Å². The van der Waals surface area contributed by atoms with Crippen molar-refractivity contribution < 1.29 is 0 Å². The smallest absolute Gasteiger partial charge is 0.226 e.